The topological polar surface area (TPSA) is 37.3 Å². The van der Waals surface area contributed by atoms with Crippen molar-refractivity contribution in [2.75, 3.05) is 0 Å². The highest BCUT2D eigenvalue weighted by molar-refractivity contribution is 8.00. The van der Waals surface area contributed by atoms with Crippen molar-refractivity contribution in [2.24, 2.45) is 5.41 Å². The molecule has 18 heavy (non-hydrogen) atoms. The molecular formula is C15H20O2S. The van der Waals surface area contributed by atoms with Crippen LogP contribution in [0, 0.1) is 5.41 Å². The Hall–Kier alpha value is -0.960. The Kier molecular flexibility index (Phi) is 4.00. The van der Waals surface area contributed by atoms with Gasteiger partial charge in [-0.15, -0.1) is 11.8 Å². The molecule has 0 unspecified atom stereocenters. The first-order chi connectivity index (χ1) is 8.49. The SMILES string of the molecule is CC(C)(Cc1ccccc1SC1CCC1)C(=O)O. The molecule has 0 radical (unpaired) electrons. The van der Waals surface area contributed by atoms with Gasteiger partial charge < -0.3 is 5.11 Å². The van der Waals surface area contributed by atoms with Gasteiger partial charge in [-0.1, -0.05) is 24.6 Å². The number of carboxylic acids is 1. The van der Waals surface area contributed by atoms with Crippen molar-refractivity contribution in [3.05, 3.63) is 29.8 Å². The van der Waals surface area contributed by atoms with Crippen LogP contribution in [0.15, 0.2) is 29.2 Å². The molecule has 0 saturated heterocycles. The molecule has 98 valence electrons. The summed E-state index contributed by atoms with van der Waals surface area (Å²) in [4.78, 5) is 12.5. The van der Waals surface area contributed by atoms with Gasteiger partial charge in [0.25, 0.3) is 0 Å². The third-order valence-corrected chi connectivity index (χ3v) is 4.99. The van der Waals surface area contributed by atoms with Gasteiger partial charge in [-0.05, 0) is 44.7 Å². The zero-order valence-corrected chi connectivity index (χ0v) is 11.8. The van der Waals surface area contributed by atoms with Gasteiger partial charge in [0.2, 0.25) is 0 Å². The summed E-state index contributed by atoms with van der Waals surface area (Å²) in [7, 11) is 0. The van der Waals surface area contributed by atoms with Gasteiger partial charge in [0, 0.05) is 10.1 Å². The van der Waals surface area contributed by atoms with Crippen molar-refractivity contribution in [3.8, 4) is 0 Å². The molecular weight excluding hydrogens is 244 g/mol. The van der Waals surface area contributed by atoms with Gasteiger partial charge in [-0.2, -0.15) is 0 Å². The second-order valence-electron chi connectivity index (χ2n) is 5.64. The lowest BCUT2D eigenvalue weighted by atomic mass is 9.86. The zero-order valence-electron chi connectivity index (χ0n) is 11.0. The van der Waals surface area contributed by atoms with Crippen molar-refractivity contribution in [1.29, 1.82) is 0 Å². The lowest BCUT2D eigenvalue weighted by Gasteiger charge is -2.27. The quantitative estimate of drug-likeness (QED) is 0.874. The van der Waals surface area contributed by atoms with Crippen LogP contribution in [0.3, 0.4) is 0 Å². The van der Waals surface area contributed by atoms with E-state index in [2.05, 4.69) is 12.1 Å². The molecule has 1 saturated carbocycles. The molecule has 0 atom stereocenters. The number of thioether (sulfide) groups is 1. The third kappa shape index (κ3) is 3.08. The summed E-state index contributed by atoms with van der Waals surface area (Å²) in [6.45, 7) is 3.58. The Bertz CT molecular complexity index is 436. The molecule has 3 heteroatoms. The summed E-state index contributed by atoms with van der Waals surface area (Å²) in [5, 5.41) is 9.96. The molecule has 1 aromatic carbocycles. The minimum absolute atomic E-state index is 0.595. The maximum atomic E-state index is 11.2. The number of rotatable bonds is 5. The van der Waals surface area contributed by atoms with Crippen LogP contribution in [0.4, 0.5) is 0 Å². The van der Waals surface area contributed by atoms with Crippen LogP contribution in [0.5, 0.6) is 0 Å². The lowest BCUT2D eigenvalue weighted by molar-refractivity contribution is -0.146. The second kappa shape index (κ2) is 5.35. The molecule has 0 heterocycles. The Morgan fingerprint density at radius 3 is 2.61 bits per heavy atom. The highest BCUT2D eigenvalue weighted by Gasteiger charge is 2.29. The lowest BCUT2D eigenvalue weighted by Crippen LogP contribution is -2.26. The minimum Gasteiger partial charge on any atom is -0.481 e. The number of hydrogen-bond donors (Lipinski definition) is 1. The van der Waals surface area contributed by atoms with Crippen molar-refractivity contribution in [3.63, 3.8) is 0 Å². The van der Waals surface area contributed by atoms with Gasteiger partial charge in [0.05, 0.1) is 5.41 Å². The fraction of sp³-hybridized carbons (Fsp3) is 0.533. The van der Waals surface area contributed by atoms with Crippen LogP contribution in [0.2, 0.25) is 0 Å². The summed E-state index contributed by atoms with van der Waals surface area (Å²) >= 11 is 1.92. The van der Waals surface area contributed by atoms with Crippen molar-refractivity contribution in [1.82, 2.24) is 0 Å². The molecule has 1 aliphatic rings. The number of hydrogen-bond acceptors (Lipinski definition) is 2. The summed E-state index contributed by atoms with van der Waals surface area (Å²) in [5.74, 6) is -0.731. The van der Waals surface area contributed by atoms with Crippen LogP contribution in [-0.2, 0) is 11.2 Å². The Labute approximate surface area is 113 Å². The zero-order chi connectivity index (χ0) is 13.2. The molecule has 1 aliphatic carbocycles. The largest absolute Gasteiger partial charge is 0.481 e. The Morgan fingerprint density at radius 1 is 1.39 bits per heavy atom. The number of aliphatic carboxylic acids is 1. The van der Waals surface area contributed by atoms with Crippen LogP contribution in [0.25, 0.3) is 0 Å². The number of carboxylic acid groups (broad SMARTS) is 1. The van der Waals surface area contributed by atoms with Crippen molar-refractivity contribution >= 4 is 17.7 Å². The maximum Gasteiger partial charge on any atom is 0.309 e. The normalized spacial score (nSPS) is 16.3. The van der Waals surface area contributed by atoms with E-state index in [1.165, 1.54) is 29.7 Å². The van der Waals surface area contributed by atoms with E-state index in [0.29, 0.717) is 6.42 Å². The van der Waals surface area contributed by atoms with E-state index in [4.69, 9.17) is 0 Å². The first kappa shape index (κ1) is 13.5. The van der Waals surface area contributed by atoms with E-state index in [1.807, 2.05) is 23.9 Å². The molecule has 0 bridgehead atoms. The van der Waals surface area contributed by atoms with Crippen LogP contribution < -0.4 is 0 Å². The van der Waals surface area contributed by atoms with Gasteiger partial charge in [0.15, 0.2) is 0 Å². The summed E-state index contributed by atoms with van der Waals surface area (Å²) in [5.41, 5.74) is 0.470. The predicted molar refractivity (Wildman–Crippen MR) is 75.1 cm³/mol. The van der Waals surface area contributed by atoms with Crippen molar-refractivity contribution in [2.45, 2.75) is 49.7 Å². The van der Waals surface area contributed by atoms with Gasteiger partial charge >= 0.3 is 5.97 Å². The molecule has 1 N–H and O–H groups in total. The number of benzene rings is 1. The molecule has 1 fully saturated rings. The van der Waals surface area contributed by atoms with E-state index in [1.54, 1.807) is 13.8 Å². The molecule has 2 nitrogen and oxygen atoms in total. The van der Waals surface area contributed by atoms with E-state index < -0.39 is 11.4 Å². The van der Waals surface area contributed by atoms with Crippen LogP contribution >= 0.6 is 11.8 Å². The first-order valence-corrected chi connectivity index (χ1v) is 7.35. The Balaban J connectivity index is 2.13. The van der Waals surface area contributed by atoms with Crippen LogP contribution in [-0.4, -0.2) is 16.3 Å². The highest BCUT2D eigenvalue weighted by Crippen LogP contribution is 2.39. The van der Waals surface area contributed by atoms with E-state index in [0.717, 1.165) is 5.25 Å². The second-order valence-corrected chi connectivity index (χ2v) is 6.99. The van der Waals surface area contributed by atoms with Gasteiger partial charge in [0.1, 0.15) is 0 Å². The van der Waals surface area contributed by atoms with E-state index >= 15 is 0 Å². The molecule has 0 aromatic heterocycles. The van der Waals surface area contributed by atoms with Gasteiger partial charge in [-0.25, -0.2) is 0 Å². The molecule has 2 rings (SSSR count). The van der Waals surface area contributed by atoms with E-state index in [-0.39, 0.29) is 0 Å². The molecule has 1 aromatic rings. The smallest absolute Gasteiger partial charge is 0.309 e. The third-order valence-electron chi connectivity index (χ3n) is 3.53. The van der Waals surface area contributed by atoms with Crippen LogP contribution in [0.1, 0.15) is 38.7 Å². The standard InChI is InChI=1S/C15H20O2S/c1-15(2,14(16)17)10-11-6-3-4-9-13(11)18-12-7-5-8-12/h3-4,6,9,12H,5,7-8,10H2,1-2H3,(H,16,17). The van der Waals surface area contributed by atoms with E-state index in [9.17, 15) is 9.90 Å². The number of carbonyl (C=O) groups is 1. The molecule has 0 spiro atoms. The Morgan fingerprint density at radius 2 is 2.06 bits per heavy atom. The fourth-order valence-corrected chi connectivity index (χ4v) is 3.36. The summed E-state index contributed by atoms with van der Waals surface area (Å²) in [6, 6.07) is 8.22. The average molecular weight is 264 g/mol. The highest BCUT2D eigenvalue weighted by atomic mass is 32.2. The average Bonchev–Trinajstić information content (AvgIpc) is 2.24. The summed E-state index contributed by atoms with van der Waals surface area (Å²) < 4.78 is 0. The fourth-order valence-electron chi connectivity index (χ4n) is 1.98. The first-order valence-electron chi connectivity index (χ1n) is 6.47. The maximum absolute atomic E-state index is 11.2. The summed E-state index contributed by atoms with van der Waals surface area (Å²) in [6.07, 6.45) is 4.52. The predicted octanol–water partition coefficient (Wildman–Crippen LogP) is 3.98. The monoisotopic (exact) mass is 264 g/mol. The van der Waals surface area contributed by atoms with Gasteiger partial charge in [-0.3, -0.25) is 4.79 Å². The molecule has 0 amide bonds. The van der Waals surface area contributed by atoms with Crippen molar-refractivity contribution < 1.29 is 9.90 Å². The molecule has 0 aliphatic heterocycles. The minimum atomic E-state index is -0.731.